The molecular formula is C14H20BrN. The molecule has 1 aliphatic rings. The number of halogens is 1. The minimum Gasteiger partial charge on any atom is -0.297 e. The molecule has 1 fully saturated rings. The second-order valence-corrected chi connectivity index (χ2v) is 5.50. The van der Waals surface area contributed by atoms with Gasteiger partial charge < -0.3 is 0 Å². The Hall–Kier alpha value is -0.340. The van der Waals surface area contributed by atoms with E-state index in [1.807, 2.05) is 0 Å². The molecule has 1 aromatic carbocycles. The number of rotatable bonds is 2. The molecule has 0 saturated carbocycles. The Morgan fingerprint density at radius 2 is 1.69 bits per heavy atom. The Morgan fingerprint density at radius 3 is 2.31 bits per heavy atom. The topological polar surface area (TPSA) is 3.24 Å². The Labute approximate surface area is 107 Å². The molecule has 1 nitrogen and oxygen atoms in total. The molecule has 2 rings (SSSR count). The van der Waals surface area contributed by atoms with Crippen LogP contribution in [0.1, 0.15) is 44.2 Å². The van der Waals surface area contributed by atoms with Crippen molar-refractivity contribution in [3.05, 3.63) is 34.3 Å². The van der Waals surface area contributed by atoms with Gasteiger partial charge in [-0.3, -0.25) is 4.90 Å². The first-order valence-corrected chi connectivity index (χ1v) is 7.07. The van der Waals surface area contributed by atoms with E-state index in [4.69, 9.17) is 0 Å². The first kappa shape index (κ1) is 12.1. The maximum absolute atomic E-state index is 3.66. The molecule has 1 aliphatic heterocycles. The van der Waals surface area contributed by atoms with Gasteiger partial charge in [0.1, 0.15) is 0 Å². The highest BCUT2D eigenvalue weighted by Gasteiger charge is 2.18. The van der Waals surface area contributed by atoms with E-state index in [9.17, 15) is 0 Å². The molecule has 88 valence electrons. The highest BCUT2D eigenvalue weighted by atomic mass is 79.9. The van der Waals surface area contributed by atoms with Gasteiger partial charge in [-0.1, -0.05) is 47.0 Å². The van der Waals surface area contributed by atoms with Crippen molar-refractivity contribution < 1.29 is 0 Å². The van der Waals surface area contributed by atoms with E-state index in [-0.39, 0.29) is 0 Å². The summed E-state index contributed by atoms with van der Waals surface area (Å²) in [6.45, 7) is 4.83. The molecule has 0 spiro atoms. The summed E-state index contributed by atoms with van der Waals surface area (Å²) in [7, 11) is 0. The van der Waals surface area contributed by atoms with Crippen molar-refractivity contribution in [2.24, 2.45) is 0 Å². The number of hydrogen-bond donors (Lipinski definition) is 0. The van der Waals surface area contributed by atoms with Crippen molar-refractivity contribution >= 4 is 15.9 Å². The van der Waals surface area contributed by atoms with E-state index in [1.165, 1.54) is 48.8 Å². The first-order chi connectivity index (χ1) is 7.79. The fraction of sp³-hybridized carbons (Fsp3) is 0.571. The van der Waals surface area contributed by atoms with Crippen LogP contribution in [0.5, 0.6) is 0 Å². The van der Waals surface area contributed by atoms with Crippen molar-refractivity contribution in [2.75, 3.05) is 13.1 Å². The average molecular weight is 282 g/mol. The summed E-state index contributed by atoms with van der Waals surface area (Å²) in [5.41, 5.74) is 1.42. The number of likely N-dealkylation sites (tertiary alicyclic amines) is 1. The Morgan fingerprint density at radius 1 is 1.06 bits per heavy atom. The fourth-order valence-electron chi connectivity index (χ4n) is 2.49. The zero-order valence-electron chi connectivity index (χ0n) is 9.95. The highest BCUT2D eigenvalue weighted by Crippen LogP contribution is 2.28. The van der Waals surface area contributed by atoms with Crippen LogP contribution in [-0.2, 0) is 0 Å². The summed E-state index contributed by atoms with van der Waals surface area (Å²) in [5.74, 6) is 0. The molecule has 0 N–H and O–H groups in total. The van der Waals surface area contributed by atoms with Crippen molar-refractivity contribution in [2.45, 2.75) is 38.6 Å². The Kier molecular flexibility index (Phi) is 4.42. The maximum Gasteiger partial charge on any atom is 0.0331 e. The third-order valence-electron chi connectivity index (χ3n) is 3.54. The van der Waals surface area contributed by atoms with Crippen LogP contribution in [0.4, 0.5) is 0 Å². The van der Waals surface area contributed by atoms with Gasteiger partial charge in [-0.05, 0) is 44.5 Å². The van der Waals surface area contributed by atoms with Crippen LogP contribution >= 0.6 is 15.9 Å². The standard InChI is InChI=1S/C14H20BrN/c1-12(13-8-4-5-9-14(13)15)16-10-6-2-3-7-11-16/h4-5,8-9,12H,2-3,6-7,10-11H2,1H3. The van der Waals surface area contributed by atoms with Gasteiger partial charge in [0.15, 0.2) is 0 Å². The lowest BCUT2D eigenvalue weighted by Crippen LogP contribution is -2.28. The number of hydrogen-bond acceptors (Lipinski definition) is 1. The molecular weight excluding hydrogens is 262 g/mol. The van der Waals surface area contributed by atoms with Crippen LogP contribution in [0.15, 0.2) is 28.7 Å². The van der Waals surface area contributed by atoms with Gasteiger partial charge in [-0.25, -0.2) is 0 Å². The summed E-state index contributed by atoms with van der Waals surface area (Å²) in [5, 5.41) is 0. The van der Waals surface area contributed by atoms with E-state index in [1.54, 1.807) is 0 Å². The minimum atomic E-state index is 0.536. The minimum absolute atomic E-state index is 0.536. The van der Waals surface area contributed by atoms with Crippen LogP contribution in [0.3, 0.4) is 0 Å². The molecule has 1 heterocycles. The van der Waals surface area contributed by atoms with E-state index in [2.05, 4.69) is 52.0 Å². The molecule has 0 bridgehead atoms. The summed E-state index contributed by atoms with van der Waals surface area (Å²) in [4.78, 5) is 2.62. The zero-order valence-corrected chi connectivity index (χ0v) is 11.5. The zero-order chi connectivity index (χ0) is 11.4. The summed E-state index contributed by atoms with van der Waals surface area (Å²) < 4.78 is 1.24. The predicted octanol–water partition coefficient (Wildman–Crippen LogP) is 4.39. The second kappa shape index (κ2) is 5.83. The summed E-state index contributed by atoms with van der Waals surface area (Å²) >= 11 is 3.66. The van der Waals surface area contributed by atoms with Crippen LogP contribution in [-0.4, -0.2) is 18.0 Å². The van der Waals surface area contributed by atoms with Crippen molar-refractivity contribution in [1.82, 2.24) is 4.90 Å². The average Bonchev–Trinajstić information content (AvgIpc) is 2.57. The van der Waals surface area contributed by atoms with Gasteiger partial charge in [0.05, 0.1) is 0 Å². The molecule has 1 aromatic rings. The molecule has 16 heavy (non-hydrogen) atoms. The van der Waals surface area contributed by atoms with Crippen LogP contribution in [0.25, 0.3) is 0 Å². The van der Waals surface area contributed by atoms with Crippen LogP contribution < -0.4 is 0 Å². The van der Waals surface area contributed by atoms with Gasteiger partial charge in [0.2, 0.25) is 0 Å². The smallest absolute Gasteiger partial charge is 0.0331 e. The van der Waals surface area contributed by atoms with Crippen LogP contribution in [0.2, 0.25) is 0 Å². The summed E-state index contributed by atoms with van der Waals surface area (Å²) in [6, 6.07) is 9.13. The van der Waals surface area contributed by atoms with E-state index in [0.717, 1.165) is 0 Å². The Balaban J connectivity index is 2.11. The summed E-state index contributed by atoms with van der Waals surface area (Å²) in [6.07, 6.45) is 5.52. The van der Waals surface area contributed by atoms with E-state index >= 15 is 0 Å². The van der Waals surface area contributed by atoms with Crippen molar-refractivity contribution in [3.63, 3.8) is 0 Å². The molecule has 1 atom stereocenters. The molecule has 0 amide bonds. The van der Waals surface area contributed by atoms with Gasteiger partial charge in [-0.15, -0.1) is 0 Å². The predicted molar refractivity (Wildman–Crippen MR) is 72.6 cm³/mol. The molecule has 0 radical (unpaired) electrons. The lowest BCUT2D eigenvalue weighted by molar-refractivity contribution is 0.219. The molecule has 0 aromatic heterocycles. The largest absolute Gasteiger partial charge is 0.297 e. The fourth-order valence-corrected chi connectivity index (χ4v) is 3.11. The van der Waals surface area contributed by atoms with Gasteiger partial charge >= 0.3 is 0 Å². The number of benzene rings is 1. The Bertz CT molecular complexity index is 329. The van der Waals surface area contributed by atoms with Gasteiger partial charge in [-0.2, -0.15) is 0 Å². The van der Waals surface area contributed by atoms with Crippen molar-refractivity contribution in [3.8, 4) is 0 Å². The third kappa shape index (κ3) is 2.86. The van der Waals surface area contributed by atoms with E-state index < -0.39 is 0 Å². The highest BCUT2D eigenvalue weighted by molar-refractivity contribution is 9.10. The quantitative estimate of drug-likeness (QED) is 0.777. The lowest BCUT2D eigenvalue weighted by Gasteiger charge is -2.28. The van der Waals surface area contributed by atoms with Crippen molar-refractivity contribution in [1.29, 1.82) is 0 Å². The SMILES string of the molecule is CC(c1ccccc1Br)N1CCCCCC1. The number of nitrogens with zero attached hydrogens (tertiary/aromatic N) is 1. The normalized spacial score (nSPS) is 20.4. The molecule has 0 aliphatic carbocycles. The molecule has 1 saturated heterocycles. The lowest BCUT2D eigenvalue weighted by atomic mass is 10.1. The monoisotopic (exact) mass is 281 g/mol. The third-order valence-corrected chi connectivity index (χ3v) is 4.27. The van der Waals surface area contributed by atoms with E-state index in [0.29, 0.717) is 6.04 Å². The van der Waals surface area contributed by atoms with Crippen LogP contribution in [0, 0.1) is 0 Å². The maximum atomic E-state index is 3.66. The van der Waals surface area contributed by atoms with Gasteiger partial charge in [0.25, 0.3) is 0 Å². The molecule has 1 unspecified atom stereocenters. The molecule has 2 heteroatoms. The first-order valence-electron chi connectivity index (χ1n) is 6.27. The van der Waals surface area contributed by atoms with Gasteiger partial charge in [0, 0.05) is 10.5 Å². The second-order valence-electron chi connectivity index (χ2n) is 4.65.